The molecule has 0 saturated carbocycles. The van der Waals surface area contributed by atoms with Gasteiger partial charge in [0, 0.05) is 0 Å². The molecule has 35 heavy (non-hydrogen) atoms. The van der Waals surface area contributed by atoms with Crippen molar-refractivity contribution in [1.29, 1.82) is 5.26 Å². The van der Waals surface area contributed by atoms with Gasteiger partial charge < -0.3 is 0 Å². The first-order valence-corrected chi connectivity index (χ1v) is 16.1. The van der Waals surface area contributed by atoms with Gasteiger partial charge in [-0.1, -0.05) is 64.7 Å². The van der Waals surface area contributed by atoms with Gasteiger partial charge >= 0.3 is 169 Å². The number of hydrogen-bond donors (Lipinski definition) is 0. The van der Waals surface area contributed by atoms with Crippen LogP contribution >= 0.6 is 0 Å². The van der Waals surface area contributed by atoms with Crippen LogP contribution in [0.25, 0.3) is 0 Å². The van der Waals surface area contributed by atoms with E-state index in [-0.39, 0.29) is 6.10 Å². The molecule has 0 saturated heterocycles. The molecule has 0 bridgehead atoms. The van der Waals surface area contributed by atoms with Gasteiger partial charge in [-0.3, -0.25) is 0 Å². The second-order valence-electron chi connectivity index (χ2n) is 9.86. The van der Waals surface area contributed by atoms with Gasteiger partial charge in [0.1, 0.15) is 0 Å². The van der Waals surface area contributed by atoms with Crippen molar-refractivity contribution in [2.75, 3.05) is 13.7 Å². The molecule has 5 heteroatoms. The molecule has 1 aromatic rings. The molecule has 0 aliphatic carbocycles. The normalized spacial score (nSPS) is 11.9. The van der Waals surface area contributed by atoms with Crippen molar-refractivity contribution < 1.29 is 12.2 Å². The fourth-order valence-corrected chi connectivity index (χ4v) is 5.39. The van der Waals surface area contributed by atoms with Crippen LogP contribution in [-0.2, 0) is 14.0 Å². The van der Waals surface area contributed by atoms with E-state index in [1.165, 1.54) is 109 Å². The topological polar surface area (TPSA) is 51.5 Å². The monoisotopic (exact) mass is 677 g/mol. The van der Waals surface area contributed by atoms with Crippen LogP contribution in [0.4, 0.5) is 0 Å². The van der Waals surface area contributed by atoms with Gasteiger partial charge in [0.15, 0.2) is 0 Å². The number of ether oxygens (including phenoxy) is 2. The number of unbranched alkanes of at least 4 members (excludes halogenated alkanes) is 16. The number of nitriles is 1. The first-order chi connectivity index (χ1) is 17.2. The molecule has 1 aromatic carbocycles. The number of benzene rings is 1. The maximum atomic E-state index is 9.13. The third-order valence-corrected chi connectivity index (χ3v) is 7.53. The van der Waals surface area contributed by atoms with E-state index in [9.17, 15) is 0 Å². The van der Waals surface area contributed by atoms with Gasteiger partial charge in [0.05, 0.1) is 0 Å². The van der Waals surface area contributed by atoms with E-state index in [0.29, 0.717) is 50.7 Å². The maximum absolute atomic E-state index is 9.13. The Hall–Kier alpha value is -0.648. The third kappa shape index (κ3) is 17.4. The molecule has 0 spiro atoms. The Labute approximate surface area is 232 Å². The van der Waals surface area contributed by atoms with Crippen molar-refractivity contribution in [1.82, 2.24) is 0 Å². The van der Waals surface area contributed by atoms with Gasteiger partial charge in [0.25, 0.3) is 0 Å². The molecular weight excluding hydrogens is 627 g/mol. The van der Waals surface area contributed by atoms with Crippen molar-refractivity contribution in [3.8, 4) is 11.8 Å². The minimum atomic E-state index is 0.151. The van der Waals surface area contributed by atoms with Crippen LogP contribution in [0.3, 0.4) is 0 Å². The number of methoxy groups -OCH3 is 1. The molecule has 0 fully saturated rings. The molecule has 4 nitrogen and oxygen atoms in total. The number of hydrogen-bond acceptors (Lipinski definition) is 4. The Balaban J connectivity index is 1.99. The van der Waals surface area contributed by atoms with Crippen molar-refractivity contribution in [3.05, 3.63) is 29.3 Å². The van der Waals surface area contributed by atoms with Crippen LogP contribution < -0.4 is 4.74 Å². The van der Waals surface area contributed by atoms with Gasteiger partial charge in [0.2, 0.25) is 0 Å². The van der Waals surface area contributed by atoms with Crippen LogP contribution in [0, 0.1) is 11.3 Å². The summed E-state index contributed by atoms with van der Waals surface area (Å²) in [5, 5.41) is 9.13. The van der Waals surface area contributed by atoms with E-state index < -0.39 is 0 Å². The van der Waals surface area contributed by atoms with E-state index in [1.807, 2.05) is 12.1 Å². The summed E-state index contributed by atoms with van der Waals surface area (Å²) in [6.07, 6.45) is 24.9. The van der Waals surface area contributed by atoms with Gasteiger partial charge in [-0.25, -0.2) is 0 Å². The minimum absolute atomic E-state index is 0.151. The van der Waals surface area contributed by atoms with Crippen molar-refractivity contribution >= 4 is 26.2 Å². The molecule has 0 N–H and O–H groups in total. The molecule has 196 valence electrons. The molecule has 0 heterocycles. The first-order valence-electron chi connectivity index (χ1n) is 14.2. The Bertz CT molecular complexity index is 661. The van der Waals surface area contributed by atoms with E-state index in [1.54, 1.807) is 13.2 Å². The molecule has 0 radical (unpaired) electrons. The summed E-state index contributed by atoms with van der Waals surface area (Å²) in [4.78, 5) is 0. The van der Waals surface area contributed by atoms with Gasteiger partial charge in [-0.15, -0.1) is 0 Å². The van der Waals surface area contributed by atoms with Gasteiger partial charge in [-0.2, -0.15) is 0 Å². The molecule has 1 unspecified atom stereocenters. The Morgan fingerprint density at radius 2 is 1.31 bits per heavy atom. The summed E-state index contributed by atoms with van der Waals surface area (Å²) in [6, 6.07) is 7.79. The standard InChI is InChI=1S/C30H50NO3.Tl/c1-3-4-5-6-7-8-9-10-11-12-13-14-15-16-17-18-19-20-29(25-32)34-26-27-21-22-28(24-31)30(23-27)33-2;/h21-23,29H,3-20,25-26H2,1-2H3;/q-1;+1. The molecule has 0 aliphatic rings. The summed E-state index contributed by atoms with van der Waals surface area (Å²) >= 11 is 0.539. The second-order valence-corrected chi connectivity index (χ2v) is 11.2. The van der Waals surface area contributed by atoms with Crippen LogP contribution in [-0.4, -0.2) is 46.0 Å². The Morgan fingerprint density at radius 3 is 1.77 bits per heavy atom. The predicted molar refractivity (Wildman–Crippen MR) is 147 cm³/mol. The fourth-order valence-electron chi connectivity index (χ4n) is 4.55. The predicted octanol–water partition coefficient (Wildman–Crippen LogP) is 8.59. The van der Waals surface area contributed by atoms with Crippen LogP contribution in [0.2, 0.25) is 0 Å². The average Bonchev–Trinajstić information content (AvgIpc) is 2.88. The van der Waals surface area contributed by atoms with E-state index in [4.69, 9.17) is 17.4 Å². The Kier molecular flexibility index (Phi) is 22.0. The van der Waals surface area contributed by atoms with Crippen molar-refractivity contribution in [3.63, 3.8) is 0 Å². The first kappa shape index (κ1) is 32.4. The zero-order chi connectivity index (χ0) is 25.4. The van der Waals surface area contributed by atoms with Crippen molar-refractivity contribution in [2.45, 2.75) is 135 Å². The quantitative estimate of drug-likeness (QED) is 0.0813. The van der Waals surface area contributed by atoms with E-state index >= 15 is 0 Å². The number of nitrogens with zero attached hydrogens (tertiary/aromatic N) is 1. The molecule has 1 atom stereocenters. The zero-order valence-electron chi connectivity index (χ0n) is 22.7. The Morgan fingerprint density at radius 1 is 0.800 bits per heavy atom. The molecular formula is C30H50NO3Tl. The third-order valence-electron chi connectivity index (χ3n) is 6.78. The van der Waals surface area contributed by atoms with Crippen LogP contribution in [0.15, 0.2) is 18.2 Å². The summed E-state index contributed by atoms with van der Waals surface area (Å²) in [6.45, 7) is 3.51. The van der Waals surface area contributed by atoms with Crippen molar-refractivity contribution in [2.24, 2.45) is 0 Å². The summed E-state index contributed by atoms with van der Waals surface area (Å²) in [5.74, 6) is 0.610. The van der Waals surface area contributed by atoms with E-state index in [0.717, 1.165) is 12.0 Å². The fraction of sp³-hybridized carbons (Fsp3) is 0.767. The molecule has 1 rings (SSSR count). The van der Waals surface area contributed by atoms with Crippen LogP contribution in [0.1, 0.15) is 134 Å². The number of rotatable bonds is 24. The second kappa shape index (κ2) is 23.7. The average molecular weight is 677 g/mol. The van der Waals surface area contributed by atoms with Gasteiger partial charge in [-0.05, 0) is 0 Å². The summed E-state index contributed by atoms with van der Waals surface area (Å²) in [5.41, 5.74) is 1.59. The molecule has 0 aliphatic heterocycles. The van der Waals surface area contributed by atoms with Crippen LogP contribution in [0.5, 0.6) is 5.75 Å². The SMILES string of the molecule is CCCCCCCCCCCCCCCCCCCC(C[O][Tl])OCc1ccc(C#N)c(OC)c1. The van der Waals surface area contributed by atoms with E-state index in [2.05, 4.69) is 13.0 Å². The zero-order valence-corrected chi connectivity index (χ0v) is 27.2. The summed E-state index contributed by atoms with van der Waals surface area (Å²) in [7, 11) is 1.60. The summed E-state index contributed by atoms with van der Waals surface area (Å²) < 4.78 is 17.0. The molecule has 0 aromatic heterocycles. The molecule has 0 amide bonds.